The summed E-state index contributed by atoms with van der Waals surface area (Å²) in [5.41, 5.74) is 1.15. The van der Waals surface area contributed by atoms with Crippen LogP contribution in [0.2, 0.25) is 0 Å². The number of hydrogen-bond donors (Lipinski definition) is 2. The summed E-state index contributed by atoms with van der Waals surface area (Å²) in [5.74, 6) is -0.548. The normalized spacial score (nSPS) is 12.3. The van der Waals surface area contributed by atoms with Crippen LogP contribution in [0.3, 0.4) is 0 Å². The molecule has 1 aromatic heterocycles. The highest BCUT2D eigenvalue weighted by Gasteiger charge is 2.21. The van der Waals surface area contributed by atoms with Crippen molar-refractivity contribution in [1.82, 2.24) is 20.0 Å². The minimum absolute atomic E-state index is 0.0915. The average molecular weight is 393 g/mol. The van der Waals surface area contributed by atoms with Crippen molar-refractivity contribution in [2.45, 2.75) is 19.5 Å². The summed E-state index contributed by atoms with van der Waals surface area (Å²) >= 11 is 0. The van der Waals surface area contributed by atoms with Crippen molar-refractivity contribution in [2.75, 3.05) is 24.6 Å². The van der Waals surface area contributed by atoms with Crippen molar-refractivity contribution in [1.29, 1.82) is 0 Å². The predicted octanol–water partition coefficient (Wildman–Crippen LogP) is 0.590. The van der Waals surface area contributed by atoms with E-state index in [4.69, 9.17) is 0 Å². The zero-order valence-corrected chi connectivity index (χ0v) is 16.2. The third-order valence-electron chi connectivity index (χ3n) is 3.76. The Balaban J connectivity index is 1.87. The molecule has 1 aromatic carbocycles. The van der Waals surface area contributed by atoms with E-state index in [1.54, 1.807) is 56.7 Å². The molecule has 9 nitrogen and oxygen atoms in total. The van der Waals surface area contributed by atoms with E-state index in [0.717, 1.165) is 11.8 Å². The molecule has 2 N–H and O–H groups in total. The minimum atomic E-state index is -3.37. The van der Waals surface area contributed by atoms with Gasteiger partial charge in [0.2, 0.25) is 21.8 Å². The van der Waals surface area contributed by atoms with Crippen molar-refractivity contribution in [3.63, 3.8) is 0 Å². The fraction of sp³-hybridized carbons (Fsp3) is 0.353. The van der Waals surface area contributed by atoms with E-state index in [0.29, 0.717) is 5.69 Å². The lowest BCUT2D eigenvalue weighted by Gasteiger charge is -2.21. The Morgan fingerprint density at radius 3 is 2.67 bits per heavy atom. The molecule has 2 aromatic rings. The maximum absolute atomic E-state index is 12.3. The Morgan fingerprint density at radius 2 is 2.04 bits per heavy atom. The lowest BCUT2D eigenvalue weighted by molar-refractivity contribution is -0.137. The van der Waals surface area contributed by atoms with Gasteiger partial charge < -0.3 is 10.2 Å². The first-order chi connectivity index (χ1) is 12.7. The molecule has 0 saturated carbocycles. The number of amides is 2. The highest BCUT2D eigenvalue weighted by molar-refractivity contribution is 7.92. The standard InChI is InChI=1S/C17H23N5O4S/c1-13(22-9-5-8-19-22)17(24)21(2)12-16(23)18-11-14-6-4-7-15(10-14)20-27(3,25)26/h4-10,13,20H,11-12H2,1-3H3,(H,18,23)/t13-/m1/s1. The van der Waals surface area contributed by atoms with Crippen LogP contribution in [-0.2, 0) is 26.2 Å². The van der Waals surface area contributed by atoms with Crippen LogP contribution in [0, 0.1) is 0 Å². The molecule has 0 aliphatic rings. The summed E-state index contributed by atoms with van der Waals surface area (Å²) in [7, 11) is -1.81. The SMILES string of the molecule is C[C@H](C(=O)N(C)CC(=O)NCc1cccc(NS(C)(=O)=O)c1)n1cccn1. The monoisotopic (exact) mass is 393 g/mol. The van der Waals surface area contributed by atoms with Crippen LogP contribution in [0.4, 0.5) is 5.69 Å². The zero-order chi connectivity index (χ0) is 20.0. The number of nitrogens with zero attached hydrogens (tertiary/aromatic N) is 3. The van der Waals surface area contributed by atoms with Crippen molar-refractivity contribution >= 4 is 27.5 Å². The minimum Gasteiger partial charge on any atom is -0.350 e. The number of rotatable bonds is 8. The van der Waals surface area contributed by atoms with Crippen molar-refractivity contribution in [2.24, 2.45) is 0 Å². The second-order valence-corrected chi connectivity index (χ2v) is 7.96. The molecule has 146 valence electrons. The van der Waals surface area contributed by atoms with Gasteiger partial charge in [-0.2, -0.15) is 5.10 Å². The number of nitrogens with one attached hydrogen (secondary N) is 2. The summed E-state index contributed by atoms with van der Waals surface area (Å²) in [6.07, 6.45) is 4.34. The van der Waals surface area contributed by atoms with E-state index in [1.807, 2.05) is 0 Å². The highest BCUT2D eigenvalue weighted by Crippen LogP contribution is 2.12. The number of anilines is 1. The molecule has 0 saturated heterocycles. The molecule has 0 fully saturated rings. The van der Waals surface area contributed by atoms with Crippen LogP contribution < -0.4 is 10.0 Å². The van der Waals surface area contributed by atoms with E-state index in [2.05, 4.69) is 15.1 Å². The first kappa shape index (κ1) is 20.4. The van der Waals surface area contributed by atoms with Gasteiger partial charge in [0.05, 0.1) is 12.8 Å². The van der Waals surface area contributed by atoms with Crippen LogP contribution in [0.5, 0.6) is 0 Å². The molecule has 0 spiro atoms. The number of aromatic nitrogens is 2. The Hall–Kier alpha value is -2.88. The second-order valence-electron chi connectivity index (χ2n) is 6.21. The van der Waals surface area contributed by atoms with Crippen molar-refractivity contribution in [3.8, 4) is 0 Å². The fourth-order valence-electron chi connectivity index (χ4n) is 2.45. The van der Waals surface area contributed by atoms with Gasteiger partial charge in [-0.05, 0) is 30.7 Å². The maximum atomic E-state index is 12.3. The summed E-state index contributed by atoms with van der Waals surface area (Å²) in [4.78, 5) is 25.8. The Kier molecular flexibility index (Phi) is 6.56. The van der Waals surface area contributed by atoms with Crippen molar-refractivity contribution < 1.29 is 18.0 Å². The molecule has 0 unspecified atom stereocenters. The molecule has 0 aliphatic carbocycles. The van der Waals surface area contributed by atoms with Crippen molar-refractivity contribution in [3.05, 3.63) is 48.3 Å². The van der Waals surface area contributed by atoms with Crippen LogP contribution in [-0.4, -0.2) is 54.8 Å². The molecule has 2 rings (SSSR count). The van der Waals surface area contributed by atoms with Crippen LogP contribution in [0.15, 0.2) is 42.7 Å². The summed E-state index contributed by atoms with van der Waals surface area (Å²) in [5, 5.41) is 6.74. The van der Waals surface area contributed by atoms with Crippen LogP contribution in [0.1, 0.15) is 18.5 Å². The molecule has 27 heavy (non-hydrogen) atoms. The van der Waals surface area contributed by atoms with E-state index in [-0.39, 0.29) is 24.9 Å². The van der Waals surface area contributed by atoms with Gasteiger partial charge in [0.15, 0.2) is 0 Å². The summed E-state index contributed by atoms with van der Waals surface area (Å²) < 4.78 is 26.5. The van der Waals surface area contributed by atoms with Gasteiger partial charge in [-0.3, -0.25) is 19.0 Å². The molecule has 1 heterocycles. The molecule has 10 heteroatoms. The molecule has 0 aliphatic heterocycles. The topological polar surface area (TPSA) is 113 Å². The molecule has 1 atom stereocenters. The largest absolute Gasteiger partial charge is 0.350 e. The third kappa shape index (κ3) is 6.41. The first-order valence-corrected chi connectivity index (χ1v) is 10.1. The number of carbonyl (C=O) groups is 2. The van der Waals surface area contributed by atoms with Gasteiger partial charge in [-0.1, -0.05) is 12.1 Å². The molecule has 2 amide bonds. The van der Waals surface area contributed by atoms with Gasteiger partial charge in [0.25, 0.3) is 0 Å². The quantitative estimate of drug-likeness (QED) is 0.681. The van der Waals surface area contributed by atoms with E-state index < -0.39 is 16.1 Å². The van der Waals surface area contributed by atoms with E-state index in [1.165, 1.54) is 9.58 Å². The molecule has 0 radical (unpaired) electrons. The number of carbonyl (C=O) groups excluding carboxylic acids is 2. The highest BCUT2D eigenvalue weighted by atomic mass is 32.2. The first-order valence-electron chi connectivity index (χ1n) is 8.23. The van der Waals surface area contributed by atoms with E-state index >= 15 is 0 Å². The second kappa shape index (κ2) is 8.67. The smallest absolute Gasteiger partial charge is 0.247 e. The predicted molar refractivity (Wildman–Crippen MR) is 101 cm³/mol. The number of hydrogen-bond acceptors (Lipinski definition) is 5. The van der Waals surface area contributed by atoms with Gasteiger partial charge in [-0.25, -0.2) is 8.42 Å². The number of benzene rings is 1. The summed E-state index contributed by atoms with van der Waals surface area (Å²) in [6.45, 7) is 1.84. The Labute approximate surface area is 158 Å². The zero-order valence-electron chi connectivity index (χ0n) is 15.4. The maximum Gasteiger partial charge on any atom is 0.247 e. The van der Waals surface area contributed by atoms with Crippen LogP contribution >= 0.6 is 0 Å². The average Bonchev–Trinajstić information content (AvgIpc) is 3.12. The molecular weight excluding hydrogens is 370 g/mol. The van der Waals surface area contributed by atoms with Gasteiger partial charge in [-0.15, -0.1) is 0 Å². The van der Waals surface area contributed by atoms with Gasteiger partial charge >= 0.3 is 0 Å². The van der Waals surface area contributed by atoms with Gasteiger partial charge in [0, 0.05) is 31.7 Å². The fourth-order valence-corrected chi connectivity index (χ4v) is 3.01. The lowest BCUT2D eigenvalue weighted by Crippen LogP contribution is -2.40. The Bertz CT molecular complexity index is 896. The number of likely N-dealkylation sites (N-methyl/N-ethyl adjacent to an activating group) is 1. The third-order valence-corrected chi connectivity index (χ3v) is 4.36. The van der Waals surface area contributed by atoms with Gasteiger partial charge in [0.1, 0.15) is 6.04 Å². The Morgan fingerprint density at radius 1 is 1.30 bits per heavy atom. The lowest BCUT2D eigenvalue weighted by atomic mass is 10.2. The molecule has 0 bridgehead atoms. The number of sulfonamides is 1. The molecular formula is C17H23N5O4S. The van der Waals surface area contributed by atoms with E-state index in [9.17, 15) is 18.0 Å². The summed E-state index contributed by atoms with van der Waals surface area (Å²) in [6, 6.07) is 7.93. The van der Waals surface area contributed by atoms with Crippen LogP contribution in [0.25, 0.3) is 0 Å².